The third-order valence-electron chi connectivity index (χ3n) is 3.94. The number of benzene rings is 3. The molecule has 0 fully saturated rings. The van der Waals surface area contributed by atoms with Crippen molar-refractivity contribution in [3.8, 4) is 11.5 Å². The van der Waals surface area contributed by atoms with Crippen LogP contribution < -0.4 is 15.4 Å². The first kappa shape index (κ1) is 20.3. The van der Waals surface area contributed by atoms with E-state index >= 15 is 0 Å². The second-order valence-corrected chi connectivity index (χ2v) is 6.03. The second kappa shape index (κ2) is 9.20. The fraction of sp³-hybridized carbons (Fsp3) is 0.0476. The Morgan fingerprint density at radius 3 is 2.07 bits per heavy atom. The van der Waals surface area contributed by atoms with E-state index in [0.29, 0.717) is 28.4 Å². The summed E-state index contributed by atoms with van der Waals surface area (Å²) in [5.74, 6) is 0.637. The minimum atomic E-state index is -0.539. The van der Waals surface area contributed by atoms with Crippen LogP contribution in [-0.4, -0.2) is 24.0 Å². The highest BCUT2D eigenvalue weighted by Crippen LogP contribution is 2.24. The minimum Gasteiger partial charge on any atom is -0.465 e. The van der Waals surface area contributed by atoms with E-state index in [1.165, 1.54) is 25.3 Å². The summed E-state index contributed by atoms with van der Waals surface area (Å²) in [4.78, 5) is 33.8. The molecule has 0 spiro atoms. The lowest BCUT2D eigenvalue weighted by atomic mass is 10.2. The molecule has 152 valence electrons. The number of nitrogens with one attached hydrogen (secondary N) is 2. The summed E-state index contributed by atoms with van der Waals surface area (Å²) >= 11 is 0. The van der Waals surface area contributed by atoms with Gasteiger partial charge in [-0.25, -0.2) is 9.59 Å². The smallest absolute Gasteiger partial charge is 0.337 e. The number of rotatable bonds is 6. The topological polar surface area (TPSA) is 120 Å². The number of anilines is 2. The Morgan fingerprint density at radius 1 is 0.867 bits per heavy atom. The Balaban J connectivity index is 1.57. The Labute approximate surface area is 171 Å². The summed E-state index contributed by atoms with van der Waals surface area (Å²) in [5, 5.41) is 16.0. The molecule has 9 nitrogen and oxygen atoms in total. The van der Waals surface area contributed by atoms with E-state index in [4.69, 9.17) is 4.74 Å². The number of hydrogen-bond donors (Lipinski definition) is 2. The molecule has 3 aromatic carbocycles. The maximum Gasteiger partial charge on any atom is 0.337 e. The predicted octanol–water partition coefficient (Wildman–Crippen LogP) is 4.82. The number of methoxy groups -OCH3 is 1. The molecule has 0 unspecified atom stereocenters. The van der Waals surface area contributed by atoms with E-state index in [1.807, 2.05) is 0 Å². The third kappa shape index (κ3) is 5.32. The summed E-state index contributed by atoms with van der Waals surface area (Å²) in [6, 6.07) is 18.2. The van der Waals surface area contributed by atoms with E-state index in [-0.39, 0.29) is 5.69 Å². The first-order chi connectivity index (χ1) is 14.4. The fourth-order valence-electron chi connectivity index (χ4n) is 2.51. The van der Waals surface area contributed by atoms with Crippen molar-refractivity contribution in [2.45, 2.75) is 0 Å². The quantitative estimate of drug-likeness (QED) is 0.343. The first-order valence-electron chi connectivity index (χ1n) is 8.73. The average Bonchev–Trinajstić information content (AvgIpc) is 2.75. The van der Waals surface area contributed by atoms with Gasteiger partial charge < -0.3 is 20.1 Å². The fourth-order valence-corrected chi connectivity index (χ4v) is 2.51. The van der Waals surface area contributed by atoms with Gasteiger partial charge in [0.15, 0.2) is 0 Å². The Morgan fingerprint density at radius 2 is 1.47 bits per heavy atom. The van der Waals surface area contributed by atoms with E-state index in [9.17, 15) is 19.7 Å². The van der Waals surface area contributed by atoms with Crippen LogP contribution in [0.2, 0.25) is 0 Å². The Bertz CT molecular complexity index is 1060. The molecule has 0 bridgehead atoms. The van der Waals surface area contributed by atoms with Crippen molar-refractivity contribution >= 4 is 29.1 Å². The van der Waals surface area contributed by atoms with Gasteiger partial charge in [0, 0.05) is 23.5 Å². The Kier molecular flexibility index (Phi) is 6.23. The number of non-ortho nitro benzene ring substituents is 1. The van der Waals surface area contributed by atoms with Gasteiger partial charge in [-0.2, -0.15) is 0 Å². The normalized spacial score (nSPS) is 10.0. The third-order valence-corrected chi connectivity index (χ3v) is 3.94. The second-order valence-electron chi connectivity index (χ2n) is 6.03. The van der Waals surface area contributed by atoms with Crippen LogP contribution in [0.1, 0.15) is 10.4 Å². The molecule has 0 heterocycles. The maximum absolute atomic E-state index is 12.1. The highest BCUT2D eigenvalue weighted by Gasteiger charge is 2.09. The number of carbonyl (C=O) groups excluding carboxylic acids is 2. The van der Waals surface area contributed by atoms with Crippen LogP contribution in [0, 0.1) is 10.1 Å². The summed E-state index contributed by atoms with van der Waals surface area (Å²) in [5.41, 5.74) is 1.11. The van der Waals surface area contributed by atoms with Crippen LogP contribution in [0.15, 0.2) is 72.8 Å². The first-order valence-corrected chi connectivity index (χ1v) is 8.73. The van der Waals surface area contributed by atoms with Gasteiger partial charge in [-0.15, -0.1) is 0 Å². The SMILES string of the molecule is COC(=O)c1ccc(Oc2ccc(NC(=O)Nc3cccc([N+](=O)[O-])c3)cc2)cc1. The zero-order valence-corrected chi connectivity index (χ0v) is 15.8. The van der Waals surface area contributed by atoms with Gasteiger partial charge in [0.25, 0.3) is 5.69 Å². The number of esters is 1. The molecule has 3 rings (SSSR count). The van der Waals surface area contributed by atoms with Crippen molar-refractivity contribution in [3.05, 3.63) is 88.5 Å². The number of nitro groups is 1. The molecule has 0 saturated carbocycles. The average molecular weight is 407 g/mol. The molecule has 2 amide bonds. The lowest BCUT2D eigenvalue weighted by Crippen LogP contribution is -2.19. The van der Waals surface area contributed by atoms with Crippen molar-refractivity contribution in [3.63, 3.8) is 0 Å². The van der Waals surface area contributed by atoms with Gasteiger partial charge in [-0.3, -0.25) is 10.1 Å². The molecule has 0 saturated heterocycles. The number of nitro benzene ring substituents is 1. The van der Waals surface area contributed by atoms with E-state index < -0.39 is 16.9 Å². The van der Waals surface area contributed by atoms with Crippen molar-refractivity contribution < 1.29 is 24.0 Å². The monoisotopic (exact) mass is 407 g/mol. The molecule has 0 aliphatic heterocycles. The molecule has 0 radical (unpaired) electrons. The number of amides is 2. The van der Waals surface area contributed by atoms with Crippen LogP contribution in [0.5, 0.6) is 11.5 Å². The zero-order chi connectivity index (χ0) is 21.5. The van der Waals surface area contributed by atoms with E-state index in [0.717, 1.165) is 0 Å². The zero-order valence-electron chi connectivity index (χ0n) is 15.8. The van der Waals surface area contributed by atoms with Crippen LogP contribution in [-0.2, 0) is 4.74 Å². The van der Waals surface area contributed by atoms with Crippen LogP contribution >= 0.6 is 0 Å². The van der Waals surface area contributed by atoms with Crippen molar-refractivity contribution in [1.29, 1.82) is 0 Å². The standard InChI is InChI=1S/C21H17N3O6/c1-29-20(25)14-5-9-18(10-6-14)30-19-11-7-15(8-12-19)22-21(26)23-16-3-2-4-17(13-16)24(27)28/h2-13H,1H3,(H2,22,23,26). The molecule has 30 heavy (non-hydrogen) atoms. The van der Waals surface area contributed by atoms with Gasteiger partial charge in [0.05, 0.1) is 17.6 Å². The van der Waals surface area contributed by atoms with Gasteiger partial charge in [-0.05, 0) is 54.6 Å². The molecule has 0 atom stereocenters. The molecule has 0 aromatic heterocycles. The highest BCUT2D eigenvalue weighted by atomic mass is 16.6. The van der Waals surface area contributed by atoms with Crippen molar-refractivity contribution in [2.24, 2.45) is 0 Å². The van der Waals surface area contributed by atoms with Crippen molar-refractivity contribution in [1.82, 2.24) is 0 Å². The molecule has 9 heteroatoms. The molecular formula is C21H17N3O6. The number of hydrogen-bond acceptors (Lipinski definition) is 6. The summed E-state index contributed by atoms with van der Waals surface area (Å²) in [6.07, 6.45) is 0. The largest absolute Gasteiger partial charge is 0.465 e. The summed E-state index contributed by atoms with van der Waals surface area (Å²) < 4.78 is 10.3. The van der Waals surface area contributed by atoms with Crippen LogP contribution in [0.4, 0.5) is 21.9 Å². The van der Waals surface area contributed by atoms with Gasteiger partial charge in [0.1, 0.15) is 11.5 Å². The number of ether oxygens (including phenoxy) is 2. The summed E-state index contributed by atoms with van der Waals surface area (Å²) in [7, 11) is 1.31. The molecule has 3 aromatic rings. The number of urea groups is 1. The number of carbonyl (C=O) groups is 2. The maximum atomic E-state index is 12.1. The molecule has 0 aliphatic rings. The van der Waals surface area contributed by atoms with E-state index in [1.54, 1.807) is 54.6 Å². The van der Waals surface area contributed by atoms with Gasteiger partial charge >= 0.3 is 12.0 Å². The van der Waals surface area contributed by atoms with Gasteiger partial charge in [-0.1, -0.05) is 6.07 Å². The molecular weight excluding hydrogens is 390 g/mol. The minimum absolute atomic E-state index is 0.117. The van der Waals surface area contributed by atoms with Crippen LogP contribution in [0.3, 0.4) is 0 Å². The molecule has 2 N–H and O–H groups in total. The van der Waals surface area contributed by atoms with E-state index in [2.05, 4.69) is 15.4 Å². The molecule has 0 aliphatic carbocycles. The highest BCUT2D eigenvalue weighted by molar-refractivity contribution is 5.99. The lowest BCUT2D eigenvalue weighted by Gasteiger charge is -2.09. The van der Waals surface area contributed by atoms with Crippen molar-refractivity contribution in [2.75, 3.05) is 17.7 Å². The van der Waals surface area contributed by atoms with Crippen LogP contribution in [0.25, 0.3) is 0 Å². The van der Waals surface area contributed by atoms with Gasteiger partial charge in [0.2, 0.25) is 0 Å². The predicted molar refractivity (Wildman–Crippen MR) is 110 cm³/mol. The summed E-state index contributed by atoms with van der Waals surface area (Å²) in [6.45, 7) is 0. The number of nitrogens with zero attached hydrogens (tertiary/aromatic N) is 1. The lowest BCUT2D eigenvalue weighted by molar-refractivity contribution is -0.384. The Hall–Kier alpha value is -4.40.